The minimum atomic E-state index is 0.271. The van der Waals surface area contributed by atoms with Gasteiger partial charge in [-0.1, -0.05) is 30.4 Å². The molecule has 5 heteroatoms. The van der Waals surface area contributed by atoms with Crippen molar-refractivity contribution in [3.05, 3.63) is 53.9 Å². The number of benzene rings is 1. The number of ether oxygens (including phenoxy) is 1. The first-order valence-corrected chi connectivity index (χ1v) is 6.22. The Labute approximate surface area is 117 Å². The van der Waals surface area contributed by atoms with Crippen LogP contribution in [0.3, 0.4) is 0 Å². The third-order valence-corrected chi connectivity index (χ3v) is 2.82. The van der Waals surface area contributed by atoms with Crippen LogP contribution in [0, 0.1) is 0 Å². The highest BCUT2D eigenvalue weighted by molar-refractivity contribution is 7.80. The molecule has 3 N–H and O–H groups in total. The van der Waals surface area contributed by atoms with E-state index >= 15 is 0 Å². The third-order valence-electron chi connectivity index (χ3n) is 2.63. The van der Waals surface area contributed by atoms with Gasteiger partial charge >= 0.3 is 0 Å². The Morgan fingerprint density at radius 3 is 2.74 bits per heavy atom. The normalized spacial score (nSPS) is 10.2. The fourth-order valence-electron chi connectivity index (χ4n) is 1.77. The summed E-state index contributed by atoms with van der Waals surface area (Å²) in [5.74, 6) is 0. The van der Waals surface area contributed by atoms with Crippen molar-refractivity contribution in [3.63, 3.8) is 0 Å². The highest BCUT2D eigenvalue weighted by atomic mass is 32.1. The summed E-state index contributed by atoms with van der Waals surface area (Å²) in [4.78, 5) is 4.46. The number of hydrogen-bond donors (Lipinski definition) is 2. The van der Waals surface area contributed by atoms with Crippen LogP contribution in [-0.4, -0.2) is 17.1 Å². The molecule has 4 nitrogen and oxygen atoms in total. The molecule has 1 aromatic carbocycles. The summed E-state index contributed by atoms with van der Waals surface area (Å²) in [6.45, 7) is 0.534. The predicted molar refractivity (Wildman–Crippen MR) is 80.6 cm³/mol. The van der Waals surface area contributed by atoms with Gasteiger partial charge in [0.15, 0.2) is 0 Å². The SMILES string of the molecule is COCc1ccccc1Nc1cccnc1C(N)=S. The molecule has 0 unspecified atom stereocenters. The number of nitrogens with two attached hydrogens (primary N) is 1. The average molecular weight is 273 g/mol. The lowest BCUT2D eigenvalue weighted by atomic mass is 10.1. The lowest BCUT2D eigenvalue weighted by Gasteiger charge is -2.13. The van der Waals surface area contributed by atoms with E-state index in [0.717, 1.165) is 16.9 Å². The molecule has 0 bridgehead atoms. The Morgan fingerprint density at radius 1 is 1.26 bits per heavy atom. The van der Waals surface area contributed by atoms with Crippen molar-refractivity contribution in [1.29, 1.82) is 0 Å². The molecule has 1 heterocycles. The lowest BCUT2D eigenvalue weighted by Crippen LogP contribution is -2.14. The Kier molecular flexibility index (Phi) is 4.43. The molecule has 0 atom stereocenters. The summed E-state index contributed by atoms with van der Waals surface area (Å²) in [5.41, 5.74) is 9.06. The Bertz CT molecular complexity index is 586. The van der Waals surface area contributed by atoms with E-state index in [4.69, 9.17) is 22.7 Å². The molecular weight excluding hydrogens is 258 g/mol. The molecule has 0 aliphatic heterocycles. The largest absolute Gasteiger partial charge is 0.388 e. The minimum absolute atomic E-state index is 0.271. The average Bonchev–Trinajstić information content (AvgIpc) is 2.42. The van der Waals surface area contributed by atoms with Gasteiger partial charge in [0.05, 0.1) is 12.3 Å². The fourth-order valence-corrected chi connectivity index (χ4v) is 1.93. The molecule has 0 saturated carbocycles. The topological polar surface area (TPSA) is 60.2 Å². The highest BCUT2D eigenvalue weighted by Gasteiger charge is 2.08. The van der Waals surface area contributed by atoms with Crippen molar-refractivity contribution in [2.24, 2.45) is 5.73 Å². The van der Waals surface area contributed by atoms with Gasteiger partial charge in [-0.15, -0.1) is 0 Å². The number of methoxy groups -OCH3 is 1. The van der Waals surface area contributed by atoms with E-state index in [0.29, 0.717) is 12.3 Å². The van der Waals surface area contributed by atoms with Gasteiger partial charge in [0.25, 0.3) is 0 Å². The van der Waals surface area contributed by atoms with Gasteiger partial charge in [-0.3, -0.25) is 4.98 Å². The minimum Gasteiger partial charge on any atom is -0.388 e. The molecule has 0 spiro atoms. The first-order chi connectivity index (χ1) is 9.22. The molecule has 0 saturated heterocycles. The molecule has 98 valence electrons. The van der Waals surface area contributed by atoms with Gasteiger partial charge in [0.2, 0.25) is 0 Å². The number of pyridine rings is 1. The van der Waals surface area contributed by atoms with Crippen LogP contribution >= 0.6 is 12.2 Å². The number of anilines is 2. The van der Waals surface area contributed by atoms with E-state index in [1.807, 2.05) is 36.4 Å². The maximum atomic E-state index is 5.67. The van der Waals surface area contributed by atoms with Gasteiger partial charge < -0.3 is 15.8 Å². The molecule has 2 rings (SSSR count). The second-order valence-corrected chi connectivity index (χ2v) is 4.42. The number of rotatable bonds is 5. The monoisotopic (exact) mass is 273 g/mol. The Hall–Kier alpha value is -1.98. The zero-order valence-corrected chi connectivity index (χ0v) is 11.4. The van der Waals surface area contributed by atoms with Crippen molar-refractivity contribution in [2.75, 3.05) is 12.4 Å². The molecule has 0 aliphatic carbocycles. The smallest absolute Gasteiger partial charge is 0.124 e. The van der Waals surface area contributed by atoms with Gasteiger partial charge in [-0.2, -0.15) is 0 Å². The van der Waals surface area contributed by atoms with Gasteiger partial charge in [0, 0.05) is 24.6 Å². The van der Waals surface area contributed by atoms with Crippen molar-refractivity contribution in [3.8, 4) is 0 Å². The van der Waals surface area contributed by atoms with E-state index in [9.17, 15) is 0 Å². The summed E-state index contributed by atoms with van der Waals surface area (Å²) < 4.78 is 5.18. The number of nitrogens with zero attached hydrogens (tertiary/aromatic N) is 1. The van der Waals surface area contributed by atoms with E-state index in [1.165, 1.54) is 0 Å². The van der Waals surface area contributed by atoms with E-state index in [1.54, 1.807) is 13.3 Å². The maximum absolute atomic E-state index is 5.67. The van der Waals surface area contributed by atoms with Crippen molar-refractivity contribution < 1.29 is 4.74 Å². The second-order valence-electron chi connectivity index (χ2n) is 3.98. The van der Waals surface area contributed by atoms with Gasteiger partial charge in [-0.05, 0) is 18.2 Å². The van der Waals surface area contributed by atoms with E-state index < -0.39 is 0 Å². The Morgan fingerprint density at radius 2 is 2.00 bits per heavy atom. The zero-order valence-electron chi connectivity index (χ0n) is 10.6. The summed E-state index contributed by atoms with van der Waals surface area (Å²) in [6, 6.07) is 11.6. The number of para-hydroxylation sites is 1. The number of thiocarbonyl (C=S) groups is 1. The maximum Gasteiger partial charge on any atom is 0.124 e. The second kappa shape index (κ2) is 6.26. The van der Waals surface area contributed by atoms with Crippen LogP contribution in [0.2, 0.25) is 0 Å². The van der Waals surface area contributed by atoms with E-state index in [-0.39, 0.29) is 4.99 Å². The fraction of sp³-hybridized carbons (Fsp3) is 0.143. The van der Waals surface area contributed by atoms with Crippen molar-refractivity contribution >= 4 is 28.6 Å². The van der Waals surface area contributed by atoms with Crippen LogP contribution in [0.1, 0.15) is 11.3 Å². The molecule has 19 heavy (non-hydrogen) atoms. The zero-order chi connectivity index (χ0) is 13.7. The number of aromatic nitrogens is 1. The van der Waals surface area contributed by atoms with Gasteiger partial charge in [-0.25, -0.2) is 0 Å². The molecule has 0 fully saturated rings. The summed E-state index contributed by atoms with van der Waals surface area (Å²) in [7, 11) is 1.67. The first kappa shape index (κ1) is 13.5. The molecule has 0 amide bonds. The lowest BCUT2D eigenvalue weighted by molar-refractivity contribution is 0.185. The molecule has 1 aromatic heterocycles. The summed E-state index contributed by atoms with van der Waals surface area (Å²) in [5, 5.41) is 3.30. The van der Waals surface area contributed by atoms with Crippen LogP contribution in [0.25, 0.3) is 0 Å². The first-order valence-electron chi connectivity index (χ1n) is 5.81. The molecule has 2 aromatic rings. The van der Waals surface area contributed by atoms with Crippen LogP contribution in [0.5, 0.6) is 0 Å². The summed E-state index contributed by atoms with van der Waals surface area (Å²) in [6.07, 6.45) is 1.67. The molecule has 0 radical (unpaired) electrons. The van der Waals surface area contributed by atoms with Crippen molar-refractivity contribution in [2.45, 2.75) is 6.61 Å². The number of hydrogen-bond acceptors (Lipinski definition) is 4. The Balaban J connectivity index is 2.34. The van der Waals surface area contributed by atoms with Crippen LogP contribution in [-0.2, 0) is 11.3 Å². The predicted octanol–water partition coefficient (Wildman–Crippen LogP) is 2.61. The van der Waals surface area contributed by atoms with Crippen LogP contribution in [0.15, 0.2) is 42.6 Å². The van der Waals surface area contributed by atoms with Crippen LogP contribution in [0.4, 0.5) is 11.4 Å². The standard InChI is InChI=1S/C14H15N3OS/c1-18-9-10-5-2-3-6-11(10)17-12-7-4-8-16-13(12)14(15)19/h2-8,17H,9H2,1H3,(H2,15,19). The highest BCUT2D eigenvalue weighted by Crippen LogP contribution is 2.23. The van der Waals surface area contributed by atoms with Crippen LogP contribution < -0.4 is 11.1 Å². The molecular formula is C14H15N3OS. The quantitative estimate of drug-likeness (QED) is 0.820. The van der Waals surface area contributed by atoms with Gasteiger partial charge in [0.1, 0.15) is 10.7 Å². The van der Waals surface area contributed by atoms with Crippen molar-refractivity contribution in [1.82, 2.24) is 4.98 Å². The number of nitrogens with one attached hydrogen (secondary N) is 1. The van der Waals surface area contributed by atoms with E-state index in [2.05, 4.69) is 10.3 Å². The third kappa shape index (κ3) is 3.27. The molecule has 0 aliphatic rings. The summed E-state index contributed by atoms with van der Waals surface area (Å²) >= 11 is 5.00.